The Morgan fingerprint density at radius 2 is 1.83 bits per heavy atom. The molecule has 1 rings (SSSR count). The fourth-order valence-corrected chi connectivity index (χ4v) is 1.02. The van der Waals surface area contributed by atoms with Gasteiger partial charge in [0.1, 0.15) is 0 Å². The SMILES string of the molecule is CN(C)[C-](NO)c1ccccc1. The van der Waals surface area contributed by atoms with Crippen molar-refractivity contribution in [2.24, 2.45) is 0 Å². The van der Waals surface area contributed by atoms with Gasteiger partial charge in [0.2, 0.25) is 0 Å². The van der Waals surface area contributed by atoms with Gasteiger partial charge in [0, 0.05) is 0 Å². The maximum Gasteiger partial charge on any atom is -0.0192 e. The first-order valence-corrected chi connectivity index (χ1v) is 3.75. The van der Waals surface area contributed by atoms with Crippen LogP contribution < -0.4 is 5.48 Å². The molecule has 0 amide bonds. The molecule has 0 aliphatic heterocycles. The Balaban J connectivity index is 2.80. The Morgan fingerprint density at radius 1 is 1.25 bits per heavy atom. The summed E-state index contributed by atoms with van der Waals surface area (Å²) in [5.41, 5.74) is 3.12. The van der Waals surface area contributed by atoms with Crippen LogP contribution >= 0.6 is 0 Å². The molecule has 0 saturated carbocycles. The molecular weight excluding hydrogens is 152 g/mol. The van der Waals surface area contributed by atoms with Crippen LogP contribution in [0.1, 0.15) is 5.56 Å². The standard InChI is InChI=1S/C9H13N2O/c1-11(2)9(10-12)8-6-4-3-5-7-8/h3-7,10,12H,1-2H3/q-1. The summed E-state index contributed by atoms with van der Waals surface area (Å²) < 4.78 is 0. The van der Waals surface area contributed by atoms with Crippen LogP contribution in [0.2, 0.25) is 0 Å². The van der Waals surface area contributed by atoms with E-state index in [0.29, 0.717) is 6.17 Å². The minimum absolute atomic E-state index is 0.690. The number of hydrogen-bond donors (Lipinski definition) is 2. The van der Waals surface area contributed by atoms with Crippen LogP contribution in [-0.2, 0) is 0 Å². The lowest BCUT2D eigenvalue weighted by Gasteiger charge is -2.30. The van der Waals surface area contributed by atoms with E-state index in [4.69, 9.17) is 5.21 Å². The molecule has 3 nitrogen and oxygen atoms in total. The predicted molar refractivity (Wildman–Crippen MR) is 47.4 cm³/mol. The first kappa shape index (κ1) is 9.06. The number of rotatable bonds is 3. The average Bonchev–Trinajstić information content (AvgIpc) is 2.07. The number of hydroxylamine groups is 1. The lowest BCUT2D eigenvalue weighted by molar-refractivity contribution is 0.135. The third kappa shape index (κ3) is 1.98. The van der Waals surface area contributed by atoms with Gasteiger partial charge in [-0.15, -0.1) is 12.1 Å². The third-order valence-electron chi connectivity index (χ3n) is 1.60. The molecule has 0 saturated heterocycles. The smallest absolute Gasteiger partial charge is 0.0192 e. The first-order valence-electron chi connectivity index (χ1n) is 3.75. The van der Waals surface area contributed by atoms with E-state index in [0.717, 1.165) is 5.56 Å². The molecule has 0 radical (unpaired) electrons. The van der Waals surface area contributed by atoms with E-state index in [9.17, 15) is 0 Å². The molecular formula is C9H13N2O-. The summed E-state index contributed by atoms with van der Waals surface area (Å²) >= 11 is 0. The maximum absolute atomic E-state index is 8.82. The maximum atomic E-state index is 8.82. The lowest BCUT2D eigenvalue weighted by Crippen LogP contribution is -2.32. The number of nitrogens with zero attached hydrogens (tertiary/aromatic N) is 1. The van der Waals surface area contributed by atoms with E-state index in [1.54, 1.807) is 0 Å². The Labute approximate surface area is 72.6 Å². The molecule has 0 heterocycles. The van der Waals surface area contributed by atoms with Crippen molar-refractivity contribution >= 4 is 0 Å². The van der Waals surface area contributed by atoms with Crippen molar-refractivity contribution in [1.29, 1.82) is 0 Å². The second-order valence-electron chi connectivity index (χ2n) is 2.72. The number of benzene rings is 1. The molecule has 0 spiro atoms. The Kier molecular flexibility index (Phi) is 3.10. The topological polar surface area (TPSA) is 35.5 Å². The van der Waals surface area contributed by atoms with Gasteiger partial charge in [-0.2, -0.15) is 17.7 Å². The highest BCUT2D eigenvalue weighted by Gasteiger charge is 2.01. The van der Waals surface area contributed by atoms with Crippen LogP contribution in [0, 0.1) is 6.17 Å². The van der Waals surface area contributed by atoms with Crippen LogP contribution in [0.25, 0.3) is 0 Å². The summed E-state index contributed by atoms with van der Waals surface area (Å²) in [5, 5.41) is 8.82. The van der Waals surface area contributed by atoms with Crippen molar-refractivity contribution in [1.82, 2.24) is 10.4 Å². The quantitative estimate of drug-likeness (QED) is 0.519. The van der Waals surface area contributed by atoms with Crippen LogP contribution in [-0.4, -0.2) is 24.2 Å². The molecule has 0 fully saturated rings. The summed E-state index contributed by atoms with van der Waals surface area (Å²) in [6.07, 6.45) is 0.690. The van der Waals surface area contributed by atoms with Gasteiger partial charge >= 0.3 is 0 Å². The van der Waals surface area contributed by atoms with Gasteiger partial charge in [-0.05, 0) is 20.3 Å². The Bertz CT molecular complexity index is 223. The van der Waals surface area contributed by atoms with Gasteiger partial charge in [-0.25, -0.2) is 5.48 Å². The van der Waals surface area contributed by atoms with Gasteiger partial charge in [-0.1, -0.05) is 6.07 Å². The largest absolute Gasteiger partial charge is 0.323 e. The summed E-state index contributed by atoms with van der Waals surface area (Å²) in [4.78, 5) is 1.81. The molecule has 0 aromatic heterocycles. The normalized spacial score (nSPS) is 10.3. The predicted octanol–water partition coefficient (Wildman–Crippen LogP) is 1.06. The molecule has 0 atom stereocenters. The van der Waals surface area contributed by atoms with Crippen LogP contribution in [0.3, 0.4) is 0 Å². The van der Waals surface area contributed by atoms with Gasteiger partial charge in [-0.3, -0.25) is 0 Å². The molecule has 0 aliphatic rings. The summed E-state index contributed by atoms with van der Waals surface area (Å²) in [6.45, 7) is 0. The second-order valence-corrected chi connectivity index (χ2v) is 2.72. The highest BCUT2D eigenvalue weighted by atomic mass is 16.5. The van der Waals surface area contributed by atoms with Crippen molar-refractivity contribution in [3.63, 3.8) is 0 Å². The van der Waals surface area contributed by atoms with Crippen molar-refractivity contribution in [3.8, 4) is 0 Å². The highest BCUT2D eigenvalue weighted by Crippen LogP contribution is 2.11. The van der Waals surface area contributed by atoms with Gasteiger partial charge < -0.3 is 10.1 Å². The minimum Gasteiger partial charge on any atom is -0.323 e. The Morgan fingerprint density at radius 3 is 2.25 bits per heavy atom. The zero-order chi connectivity index (χ0) is 8.97. The van der Waals surface area contributed by atoms with E-state index < -0.39 is 0 Å². The van der Waals surface area contributed by atoms with Crippen molar-refractivity contribution < 1.29 is 5.21 Å². The van der Waals surface area contributed by atoms with E-state index >= 15 is 0 Å². The monoisotopic (exact) mass is 165 g/mol. The molecule has 1 aromatic rings. The van der Waals surface area contributed by atoms with Crippen LogP contribution in [0.15, 0.2) is 30.3 Å². The lowest BCUT2D eigenvalue weighted by atomic mass is 10.2. The highest BCUT2D eigenvalue weighted by molar-refractivity contribution is 5.27. The zero-order valence-corrected chi connectivity index (χ0v) is 7.28. The van der Waals surface area contributed by atoms with Crippen LogP contribution in [0.4, 0.5) is 0 Å². The molecule has 12 heavy (non-hydrogen) atoms. The van der Waals surface area contributed by atoms with Crippen molar-refractivity contribution in [2.75, 3.05) is 14.1 Å². The van der Waals surface area contributed by atoms with Gasteiger partial charge in [0.05, 0.1) is 0 Å². The van der Waals surface area contributed by atoms with E-state index in [-0.39, 0.29) is 0 Å². The summed E-state index contributed by atoms with van der Waals surface area (Å²) in [7, 11) is 3.73. The molecule has 0 bridgehead atoms. The molecule has 66 valence electrons. The molecule has 3 heteroatoms. The molecule has 2 N–H and O–H groups in total. The zero-order valence-electron chi connectivity index (χ0n) is 7.28. The van der Waals surface area contributed by atoms with E-state index in [1.165, 1.54) is 0 Å². The molecule has 1 aromatic carbocycles. The number of nitrogens with one attached hydrogen (secondary N) is 1. The average molecular weight is 165 g/mol. The number of hydrogen-bond acceptors (Lipinski definition) is 3. The third-order valence-corrected chi connectivity index (χ3v) is 1.60. The van der Waals surface area contributed by atoms with Crippen LogP contribution in [0.5, 0.6) is 0 Å². The van der Waals surface area contributed by atoms with Crippen molar-refractivity contribution in [3.05, 3.63) is 42.1 Å². The van der Waals surface area contributed by atoms with E-state index in [1.807, 2.05) is 49.3 Å². The first-order chi connectivity index (χ1) is 5.75. The molecule has 0 aliphatic carbocycles. The van der Waals surface area contributed by atoms with Gasteiger partial charge in [0.15, 0.2) is 0 Å². The minimum atomic E-state index is 0.690. The summed E-state index contributed by atoms with van der Waals surface area (Å²) in [5.74, 6) is 0. The van der Waals surface area contributed by atoms with Gasteiger partial charge in [0.25, 0.3) is 0 Å². The second kappa shape index (κ2) is 4.11. The fraction of sp³-hybridized carbons (Fsp3) is 0.222. The molecule has 0 unspecified atom stereocenters. The van der Waals surface area contributed by atoms with Crippen molar-refractivity contribution in [2.45, 2.75) is 0 Å². The Hall–Kier alpha value is -1.03. The fourth-order valence-electron chi connectivity index (χ4n) is 1.02. The van der Waals surface area contributed by atoms with E-state index in [2.05, 4.69) is 5.48 Å². The summed E-state index contributed by atoms with van der Waals surface area (Å²) in [6, 6.07) is 9.65.